The molecule has 0 bridgehead atoms. The Labute approximate surface area is 342 Å². The van der Waals surface area contributed by atoms with Crippen molar-refractivity contribution < 1.29 is 21.5 Å². The van der Waals surface area contributed by atoms with E-state index in [1.54, 1.807) is 6.20 Å². The van der Waals surface area contributed by atoms with Crippen molar-refractivity contribution in [3.05, 3.63) is 180 Å². The predicted molar refractivity (Wildman–Crippen MR) is 225 cm³/mol. The molecule has 1 radical (unpaired) electrons. The van der Waals surface area contributed by atoms with Gasteiger partial charge in [0.1, 0.15) is 0 Å². The standard InChI is InChI=1S/C52H48N2.Ir/c1-36(2)47-27-28-51(54-35-47)44-17-15-38(16-18-44)13-14-39-31-37(3)32-48(33-39)50-12-8-7-11-49(50)43-23-25-45(26-24-43)52-34-46(29-30-53-52)42-21-19-41(20-22-42)40-9-5-4-6-10-40;/h7-8,11-12,15-17,19-25,27-36,40H,4-6,9-10,13-14H2,1-3H3;/q-2;/i36D;. The smallest absolute Gasteiger partial charge is 0.0347 e. The van der Waals surface area contributed by atoms with Crippen LogP contribution in [0.5, 0.6) is 0 Å². The molecule has 55 heavy (non-hydrogen) atoms. The van der Waals surface area contributed by atoms with Crippen LogP contribution in [0.4, 0.5) is 0 Å². The zero-order valence-electron chi connectivity index (χ0n) is 33.0. The Morgan fingerprint density at radius 3 is 2.04 bits per heavy atom. The van der Waals surface area contributed by atoms with Crippen LogP contribution in [0.2, 0.25) is 0 Å². The molecule has 0 amide bonds. The summed E-state index contributed by atoms with van der Waals surface area (Å²) in [6.45, 7) is 5.95. The van der Waals surface area contributed by atoms with Crippen LogP contribution in [-0.4, -0.2) is 9.97 Å². The van der Waals surface area contributed by atoms with Gasteiger partial charge in [0, 0.05) is 33.9 Å². The summed E-state index contributed by atoms with van der Waals surface area (Å²) in [6, 6.07) is 53.0. The van der Waals surface area contributed by atoms with E-state index in [1.807, 2.05) is 32.2 Å². The van der Waals surface area contributed by atoms with E-state index in [1.165, 1.54) is 82.2 Å². The summed E-state index contributed by atoms with van der Waals surface area (Å²) in [5.41, 5.74) is 17.2. The molecular weight excluding hydrogens is 845 g/mol. The van der Waals surface area contributed by atoms with Crippen LogP contribution in [0, 0.1) is 19.1 Å². The first-order valence-corrected chi connectivity index (χ1v) is 19.5. The van der Waals surface area contributed by atoms with Crippen LogP contribution in [0.3, 0.4) is 0 Å². The number of benzene rings is 5. The van der Waals surface area contributed by atoms with Gasteiger partial charge in [-0.05, 0) is 94.4 Å². The Hall–Kier alpha value is -4.95. The maximum absolute atomic E-state index is 8.25. The average molecular weight is 894 g/mol. The molecule has 2 heterocycles. The van der Waals surface area contributed by atoms with Crippen molar-refractivity contribution >= 4 is 0 Å². The van der Waals surface area contributed by atoms with Gasteiger partial charge >= 0.3 is 0 Å². The molecular formula is C52H48IrN2-2. The van der Waals surface area contributed by atoms with E-state index in [9.17, 15) is 0 Å². The van der Waals surface area contributed by atoms with Gasteiger partial charge in [-0.25, -0.2) is 0 Å². The summed E-state index contributed by atoms with van der Waals surface area (Å²) in [7, 11) is 0. The summed E-state index contributed by atoms with van der Waals surface area (Å²) >= 11 is 0. The van der Waals surface area contributed by atoms with Gasteiger partial charge in [-0.1, -0.05) is 141 Å². The van der Waals surface area contributed by atoms with Crippen molar-refractivity contribution in [1.29, 1.82) is 0 Å². The number of pyridine rings is 2. The third kappa shape index (κ3) is 9.13. The zero-order chi connectivity index (χ0) is 37.8. The van der Waals surface area contributed by atoms with E-state index in [-0.39, 0.29) is 20.1 Å². The van der Waals surface area contributed by atoms with E-state index in [0.29, 0.717) is 5.92 Å². The number of hydrogen-bond acceptors (Lipinski definition) is 2. The van der Waals surface area contributed by atoms with Crippen LogP contribution in [0.1, 0.15) is 87.0 Å². The van der Waals surface area contributed by atoms with Crippen LogP contribution < -0.4 is 0 Å². The monoisotopic (exact) mass is 894 g/mol. The first-order valence-electron chi connectivity index (χ1n) is 20.0. The first-order chi connectivity index (χ1) is 26.8. The third-order valence-electron chi connectivity index (χ3n) is 11.1. The fraction of sp³-hybridized carbons (Fsp3) is 0.231. The predicted octanol–water partition coefficient (Wildman–Crippen LogP) is 13.7. The van der Waals surface area contributed by atoms with E-state index in [0.717, 1.165) is 46.5 Å². The van der Waals surface area contributed by atoms with Crippen molar-refractivity contribution in [3.8, 4) is 55.9 Å². The fourth-order valence-corrected chi connectivity index (χ4v) is 7.95. The minimum absolute atomic E-state index is 0. The molecule has 0 saturated heterocycles. The van der Waals surface area contributed by atoms with E-state index in [2.05, 4.69) is 139 Å². The molecule has 2 aromatic heterocycles. The summed E-state index contributed by atoms with van der Waals surface area (Å²) in [5.74, 6) is 0.0573. The van der Waals surface area contributed by atoms with Gasteiger partial charge in [0.2, 0.25) is 0 Å². The average Bonchev–Trinajstić information content (AvgIpc) is 3.23. The molecule has 3 heteroatoms. The molecule has 0 spiro atoms. The van der Waals surface area contributed by atoms with E-state index >= 15 is 0 Å². The normalized spacial score (nSPS) is 13.5. The molecule has 277 valence electrons. The molecule has 0 atom stereocenters. The van der Waals surface area contributed by atoms with Crippen molar-refractivity contribution in [2.75, 3.05) is 0 Å². The third-order valence-corrected chi connectivity index (χ3v) is 11.1. The Morgan fingerprint density at radius 2 is 1.35 bits per heavy atom. The van der Waals surface area contributed by atoms with Crippen molar-refractivity contribution in [1.82, 2.24) is 9.97 Å². The van der Waals surface area contributed by atoms with Crippen molar-refractivity contribution in [2.24, 2.45) is 0 Å². The van der Waals surface area contributed by atoms with Gasteiger partial charge in [0.15, 0.2) is 0 Å². The largest absolute Gasteiger partial charge is 0.305 e. The first kappa shape index (κ1) is 37.0. The minimum Gasteiger partial charge on any atom is -0.305 e. The summed E-state index contributed by atoms with van der Waals surface area (Å²) in [4.78, 5) is 9.34. The summed E-state index contributed by atoms with van der Waals surface area (Å²) < 4.78 is 8.25. The SMILES string of the molecule is [2H]C(C)(C)c1ccc(-c2[c-]cc(CCc3cc(C)cc(-c4ccccc4-c4c[c-]c(-c5cc(-c6ccc(C7CCCCC7)cc6)ccn5)cc4)c3)cc2)nc1.[Ir]. The topological polar surface area (TPSA) is 25.8 Å². The molecule has 1 saturated carbocycles. The van der Waals surface area contributed by atoms with Crippen molar-refractivity contribution in [2.45, 2.75) is 77.5 Å². The number of nitrogens with zero attached hydrogens (tertiary/aromatic N) is 2. The van der Waals surface area contributed by atoms with Crippen LogP contribution in [-0.2, 0) is 32.9 Å². The quantitative estimate of drug-likeness (QED) is 0.128. The van der Waals surface area contributed by atoms with Gasteiger partial charge in [0.05, 0.1) is 0 Å². The molecule has 7 aromatic rings. The van der Waals surface area contributed by atoms with Gasteiger partial charge in [0.25, 0.3) is 0 Å². The van der Waals surface area contributed by atoms with Gasteiger partial charge in [-0.3, -0.25) is 0 Å². The Balaban J connectivity index is 0.00000480. The van der Waals surface area contributed by atoms with Crippen LogP contribution in [0.25, 0.3) is 55.9 Å². The summed E-state index contributed by atoms with van der Waals surface area (Å²) in [6.07, 6.45) is 12.3. The molecule has 0 unspecified atom stereocenters. The molecule has 1 aliphatic carbocycles. The molecule has 1 fully saturated rings. The maximum atomic E-state index is 8.25. The number of aromatic nitrogens is 2. The second kappa shape index (κ2) is 17.7. The molecule has 5 aromatic carbocycles. The second-order valence-corrected chi connectivity index (χ2v) is 15.2. The van der Waals surface area contributed by atoms with E-state index < -0.39 is 5.89 Å². The zero-order valence-corrected chi connectivity index (χ0v) is 34.4. The maximum Gasteiger partial charge on any atom is 0.0347 e. The molecule has 2 nitrogen and oxygen atoms in total. The van der Waals surface area contributed by atoms with E-state index in [4.69, 9.17) is 6.35 Å². The molecule has 1 aliphatic rings. The summed E-state index contributed by atoms with van der Waals surface area (Å²) in [5, 5.41) is 0. The van der Waals surface area contributed by atoms with Crippen molar-refractivity contribution in [3.63, 3.8) is 0 Å². The van der Waals surface area contributed by atoms with Gasteiger partial charge in [-0.2, -0.15) is 0 Å². The molecule has 8 rings (SSSR count). The van der Waals surface area contributed by atoms with Crippen LogP contribution in [0.15, 0.2) is 140 Å². The molecule has 0 N–H and O–H groups in total. The fourth-order valence-electron chi connectivity index (χ4n) is 7.95. The van der Waals surface area contributed by atoms with Gasteiger partial charge < -0.3 is 9.97 Å². The second-order valence-electron chi connectivity index (χ2n) is 15.2. The Bertz CT molecular complexity index is 2370. The Morgan fingerprint density at radius 1 is 0.636 bits per heavy atom. The van der Waals surface area contributed by atoms with Gasteiger partial charge in [-0.15, -0.1) is 65.2 Å². The van der Waals surface area contributed by atoms with Crippen LogP contribution >= 0.6 is 0 Å². The Kier molecular flexibility index (Phi) is 11.9. The number of aryl methyl sites for hydroxylation is 3. The number of rotatable bonds is 10. The molecule has 0 aliphatic heterocycles. The minimum atomic E-state index is -0.658. The number of hydrogen-bond donors (Lipinski definition) is 0.